The molecule has 0 unspecified atom stereocenters. The minimum absolute atomic E-state index is 0.0114. The first-order valence-electron chi connectivity index (χ1n) is 11.8. The summed E-state index contributed by atoms with van der Waals surface area (Å²) in [7, 11) is 0. The maximum atomic E-state index is 7.69. The van der Waals surface area contributed by atoms with Crippen LogP contribution in [0.1, 0.15) is 0 Å². The van der Waals surface area contributed by atoms with Gasteiger partial charge in [-0.1, -0.05) is 110 Å². The lowest BCUT2D eigenvalue weighted by atomic mass is 9.98. The molecule has 0 fully saturated rings. The van der Waals surface area contributed by atoms with Crippen LogP contribution in [-0.4, -0.2) is 14.4 Å². The summed E-state index contributed by atoms with van der Waals surface area (Å²) in [6, 6.07) is 35.1. The van der Waals surface area contributed by atoms with Gasteiger partial charge in [-0.3, -0.25) is 4.40 Å². The largest absolute Gasteiger partial charge is 0.370 e. The van der Waals surface area contributed by atoms with E-state index < -0.39 is 0 Å². The molecule has 37 heavy (non-hydrogen) atoms. The third-order valence-electron chi connectivity index (χ3n) is 6.84. The maximum absolute atomic E-state index is 7.69. The van der Waals surface area contributed by atoms with Gasteiger partial charge in [-0.25, -0.2) is 0 Å². The van der Waals surface area contributed by atoms with E-state index in [1.165, 1.54) is 0 Å². The molecule has 0 atom stereocenters. The van der Waals surface area contributed by atoms with E-state index in [1.807, 2.05) is 48.5 Å². The van der Waals surface area contributed by atoms with Crippen LogP contribution < -0.4 is 0 Å². The van der Waals surface area contributed by atoms with Gasteiger partial charge in [0.1, 0.15) is 0 Å². The monoisotopic (exact) mass is 471 g/mol. The van der Waals surface area contributed by atoms with Crippen LogP contribution in [-0.2, 0) is 0 Å². The lowest BCUT2D eigenvalue weighted by Gasteiger charge is -2.11. The molecule has 170 valence electrons. The lowest BCUT2D eigenvalue weighted by Crippen LogP contribution is -1.98. The summed E-state index contributed by atoms with van der Waals surface area (Å²) in [5.74, 6) is 0.0325. The van der Waals surface area contributed by atoms with E-state index in [2.05, 4.69) is 68.7 Å². The Kier molecular flexibility index (Phi) is 4.51. The standard InChI is InChI=1S/C32H17N5/c1-33-30-31(34-2)36-32-28(35-30)27-23-16-10-9-13-21(23)17-18-24(27)29-25(20-11-5-3-6-12-20)19-26(37(29)32)22-14-7-4-8-15-22/h3-19H. The van der Waals surface area contributed by atoms with E-state index in [4.69, 9.17) is 23.1 Å². The van der Waals surface area contributed by atoms with Crippen LogP contribution in [0.25, 0.3) is 70.3 Å². The van der Waals surface area contributed by atoms with Gasteiger partial charge < -0.3 is 9.69 Å². The van der Waals surface area contributed by atoms with Crippen molar-refractivity contribution in [3.63, 3.8) is 0 Å². The maximum Gasteiger partial charge on any atom is 0.295 e. The zero-order valence-electron chi connectivity index (χ0n) is 19.6. The molecule has 7 rings (SSSR count). The van der Waals surface area contributed by atoms with Crippen molar-refractivity contribution in [1.82, 2.24) is 14.4 Å². The number of aromatic nitrogens is 3. The second-order valence-electron chi connectivity index (χ2n) is 8.84. The van der Waals surface area contributed by atoms with Gasteiger partial charge in [-0.05, 0) is 28.0 Å². The normalized spacial score (nSPS) is 11.2. The lowest BCUT2D eigenvalue weighted by molar-refractivity contribution is 1.20. The molecular formula is C32H17N5. The first-order valence-corrected chi connectivity index (χ1v) is 11.8. The van der Waals surface area contributed by atoms with Gasteiger partial charge in [0.15, 0.2) is 0 Å². The molecule has 3 aromatic heterocycles. The average molecular weight is 472 g/mol. The van der Waals surface area contributed by atoms with Crippen molar-refractivity contribution in [1.29, 1.82) is 0 Å². The highest BCUT2D eigenvalue weighted by atomic mass is 15.1. The van der Waals surface area contributed by atoms with Crippen LogP contribution in [0.5, 0.6) is 0 Å². The number of benzene rings is 4. The zero-order valence-corrected chi connectivity index (χ0v) is 19.6. The van der Waals surface area contributed by atoms with E-state index in [-0.39, 0.29) is 11.6 Å². The molecule has 0 N–H and O–H groups in total. The molecule has 3 heterocycles. The molecule has 0 radical (unpaired) electrons. The Balaban J connectivity index is 1.82. The van der Waals surface area contributed by atoms with Crippen LogP contribution in [0.3, 0.4) is 0 Å². The number of hydrogen-bond donors (Lipinski definition) is 0. The molecule has 0 saturated heterocycles. The van der Waals surface area contributed by atoms with Crippen LogP contribution in [0.4, 0.5) is 11.6 Å². The van der Waals surface area contributed by atoms with E-state index >= 15 is 0 Å². The molecule has 0 saturated carbocycles. The van der Waals surface area contributed by atoms with Gasteiger partial charge in [-0.15, -0.1) is 9.97 Å². The predicted molar refractivity (Wildman–Crippen MR) is 149 cm³/mol. The molecule has 0 spiro atoms. The van der Waals surface area contributed by atoms with E-state index in [0.29, 0.717) is 11.2 Å². The Morgan fingerprint density at radius 1 is 0.622 bits per heavy atom. The van der Waals surface area contributed by atoms with E-state index in [1.54, 1.807) is 0 Å². The summed E-state index contributed by atoms with van der Waals surface area (Å²) < 4.78 is 2.11. The van der Waals surface area contributed by atoms with Gasteiger partial charge in [0, 0.05) is 16.3 Å². The number of nitrogens with zero attached hydrogens (tertiary/aromatic N) is 5. The third-order valence-corrected chi connectivity index (χ3v) is 6.84. The smallest absolute Gasteiger partial charge is 0.295 e. The summed E-state index contributed by atoms with van der Waals surface area (Å²) >= 11 is 0. The Labute approximate surface area is 212 Å². The average Bonchev–Trinajstić information content (AvgIpc) is 3.38. The molecule has 0 aliphatic heterocycles. The van der Waals surface area contributed by atoms with Crippen molar-refractivity contribution in [2.24, 2.45) is 0 Å². The molecule has 0 amide bonds. The summed E-state index contributed by atoms with van der Waals surface area (Å²) in [5.41, 5.74) is 6.33. The van der Waals surface area contributed by atoms with Crippen LogP contribution in [0.2, 0.25) is 0 Å². The zero-order chi connectivity index (χ0) is 24.9. The van der Waals surface area contributed by atoms with Gasteiger partial charge in [0.05, 0.1) is 11.2 Å². The van der Waals surface area contributed by atoms with Crippen LogP contribution >= 0.6 is 0 Å². The number of rotatable bonds is 2. The second kappa shape index (κ2) is 8.02. The number of pyridine rings is 1. The summed E-state index contributed by atoms with van der Waals surface area (Å²) in [6.45, 7) is 15.4. The van der Waals surface area contributed by atoms with Crippen molar-refractivity contribution in [3.05, 3.63) is 126 Å². The Morgan fingerprint density at radius 2 is 1.27 bits per heavy atom. The molecule has 0 aliphatic carbocycles. The fraction of sp³-hybridized carbons (Fsp3) is 0. The Hall–Kier alpha value is -5.52. The topological polar surface area (TPSA) is 38.9 Å². The summed E-state index contributed by atoms with van der Waals surface area (Å²) in [4.78, 5) is 16.6. The van der Waals surface area contributed by atoms with Gasteiger partial charge in [0.2, 0.25) is 5.52 Å². The molecule has 0 aliphatic rings. The van der Waals surface area contributed by atoms with Gasteiger partial charge in [0.25, 0.3) is 17.3 Å². The van der Waals surface area contributed by atoms with E-state index in [9.17, 15) is 0 Å². The minimum atomic E-state index is 0.0114. The molecule has 5 nitrogen and oxygen atoms in total. The molecule has 0 bridgehead atoms. The molecular weight excluding hydrogens is 454 g/mol. The van der Waals surface area contributed by atoms with Crippen molar-refractivity contribution in [2.45, 2.75) is 0 Å². The van der Waals surface area contributed by atoms with Crippen molar-refractivity contribution in [2.75, 3.05) is 0 Å². The fourth-order valence-electron chi connectivity index (χ4n) is 5.26. The van der Waals surface area contributed by atoms with Crippen LogP contribution in [0, 0.1) is 13.1 Å². The second-order valence-corrected chi connectivity index (χ2v) is 8.84. The fourth-order valence-corrected chi connectivity index (χ4v) is 5.26. The number of fused-ring (bicyclic) bond motifs is 8. The number of hydrogen-bond acceptors (Lipinski definition) is 2. The van der Waals surface area contributed by atoms with Gasteiger partial charge >= 0.3 is 0 Å². The van der Waals surface area contributed by atoms with Crippen molar-refractivity contribution in [3.8, 4) is 22.4 Å². The van der Waals surface area contributed by atoms with Crippen molar-refractivity contribution < 1.29 is 0 Å². The highest BCUT2D eigenvalue weighted by Crippen LogP contribution is 2.43. The summed E-state index contributed by atoms with van der Waals surface area (Å²) in [6.07, 6.45) is 0. The molecule has 7 aromatic rings. The quantitative estimate of drug-likeness (QED) is 0.187. The Morgan fingerprint density at radius 3 is 2.00 bits per heavy atom. The van der Waals surface area contributed by atoms with Crippen molar-refractivity contribution >= 4 is 49.9 Å². The van der Waals surface area contributed by atoms with E-state index in [0.717, 1.165) is 49.4 Å². The third kappa shape index (κ3) is 3.02. The Bertz CT molecular complexity index is 2090. The predicted octanol–water partition coefficient (Wildman–Crippen LogP) is 8.62. The SMILES string of the molecule is [C-]#[N+]c1nc2c3c4ccccc4ccc3c3c(-c4ccccc4)cc(-c4ccccc4)n3c2nc1[N+]#[C-]. The molecule has 4 aromatic carbocycles. The molecule has 5 heteroatoms. The van der Waals surface area contributed by atoms with Crippen LogP contribution in [0.15, 0.2) is 103 Å². The first-order chi connectivity index (χ1) is 18.3. The summed E-state index contributed by atoms with van der Waals surface area (Å²) in [5, 5.41) is 4.07. The minimum Gasteiger partial charge on any atom is -0.370 e. The highest BCUT2D eigenvalue weighted by molar-refractivity contribution is 6.24. The van der Waals surface area contributed by atoms with Gasteiger partial charge in [-0.2, -0.15) is 0 Å². The highest BCUT2D eigenvalue weighted by Gasteiger charge is 2.26. The first kappa shape index (κ1) is 20.8.